The summed E-state index contributed by atoms with van der Waals surface area (Å²) in [4.78, 5) is 52.8. The molecule has 2 aromatic rings. The van der Waals surface area contributed by atoms with Gasteiger partial charge in [-0.1, -0.05) is 24.3 Å². The Kier molecular flexibility index (Phi) is 4.60. The van der Waals surface area contributed by atoms with Gasteiger partial charge in [0.1, 0.15) is 9.81 Å². The molecule has 0 aliphatic carbocycles. The fourth-order valence-electron chi connectivity index (χ4n) is 2.99. The van der Waals surface area contributed by atoms with Crippen LogP contribution in [0.3, 0.4) is 0 Å². The Morgan fingerprint density at radius 3 is 1.39 bits per heavy atom. The van der Waals surface area contributed by atoms with Crippen LogP contribution in [-0.2, 0) is 9.59 Å². The van der Waals surface area contributed by atoms with Crippen molar-refractivity contribution in [3.05, 3.63) is 69.5 Å². The Morgan fingerprint density at radius 2 is 1.04 bits per heavy atom. The van der Waals surface area contributed by atoms with Gasteiger partial charge in [0.2, 0.25) is 0 Å². The molecule has 0 N–H and O–H groups in total. The largest absolute Gasteiger partial charge is 0.298 e. The summed E-state index contributed by atoms with van der Waals surface area (Å²) in [5.74, 6) is -1.18. The normalized spacial score (nSPS) is 19.9. The number of amides is 4. The minimum atomic E-state index is -0.588. The van der Waals surface area contributed by atoms with E-state index in [1.807, 2.05) is 26.0 Å². The molecule has 2 aliphatic heterocycles. The SMILES string of the molecule is Cc1cccc(N2C(=O)S/C(=C3/SC(=O)N(c4cccc(C)c4)C3=O)C2=O)c1. The number of hydrogen-bond acceptors (Lipinski definition) is 6. The Hall–Kier alpha value is -2.84. The first-order chi connectivity index (χ1) is 13.4. The van der Waals surface area contributed by atoms with Crippen molar-refractivity contribution >= 4 is 57.2 Å². The zero-order valence-corrected chi connectivity index (χ0v) is 16.6. The van der Waals surface area contributed by atoms with Crippen molar-refractivity contribution < 1.29 is 19.2 Å². The Balaban J connectivity index is 1.72. The summed E-state index contributed by atoms with van der Waals surface area (Å²) < 4.78 is 0. The molecule has 0 bridgehead atoms. The first kappa shape index (κ1) is 18.5. The van der Waals surface area contributed by atoms with Crippen LogP contribution in [0.2, 0.25) is 0 Å². The molecular weight excluding hydrogens is 396 g/mol. The molecule has 0 spiro atoms. The maximum atomic E-state index is 12.9. The highest BCUT2D eigenvalue weighted by atomic mass is 32.2. The second kappa shape index (κ2) is 6.96. The van der Waals surface area contributed by atoms with Gasteiger partial charge in [0, 0.05) is 0 Å². The molecule has 2 aromatic carbocycles. The number of carbonyl (C=O) groups is 4. The number of benzene rings is 2. The van der Waals surface area contributed by atoms with Gasteiger partial charge in [-0.3, -0.25) is 19.2 Å². The third-order valence-corrected chi connectivity index (χ3v) is 6.27. The van der Waals surface area contributed by atoms with Crippen LogP contribution in [0.15, 0.2) is 58.3 Å². The summed E-state index contributed by atoms with van der Waals surface area (Å²) in [6, 6.07) is 14.0. The molecule has 4 amide bonds. The smallest absolute Gasteiger partial charge is 0.268 e. The number of imide groups is 2. The predicted octanol–water partition coefficient (Wildman–Crippen LogP) is 4.61. The highest BCUT2D eigenvalue weighted by Crippen LogP contribution is 2.44. The van der Waals surface area contributed by atoms with E-state index >= 15 is 0 Å². The van der Waals surface area contributed by atoms with E-state index in [2.05, 4.69) is 0 Å². The molecule has 6 nitrogen and oxygen atoms in total. The Bertz CT molecular complexity index is 1010. The zero-order chi connectivity index (χ0) is 20.0. The van der Waals surface area contributed by atoms with Crippen molar-refractivity contribution in [3.8, 4) is 0 Å². The van der Waals surface area contributed by atoms with Gasteiger partial charge in [-0.05, 0) is 72.8 Å². The minimum Gasteiger partial charge on any atom is -0.268 e. The second-order valence-corrected chi connectivity index (χ2v) is 8.28. The lowest BCUT2D eigenvalue weighted by molar-refractivity contribution is -0.115. The molecule has 4 rings (SSSR count). The topological polar surface area (TPSA) is 74.8 Å². The lowest BCUT2D eigenvalue weighted by Crippen LogP contribution is -2.29. The quantitative estimate of drug-likeness (QED) is 0.673. The van der Waals surface area contributed by atoms with Gasteiger partial charge < -0.3 is 0 Å². The molecule has 0 radical (unpaired) electrons. The standard InChI is InChI=1S/C20H14N2O4S2/c1-11-5-3-7-13(9-11)21-17(23)15(27-19(21)25)16-18(24)22(20(26)28-16)14-8-4-6-12(2)10-14/h3-10H,1-2H3/b16-15+. The van der Waals surface area contributed by atoms with Gasteiger partial charge in [0.05, 0.1) is 11.4 Å². The van der Waals surface area contributed by atoms with E-state index in [0.29, 0.717) is 34.9 Å². The number of aryl methyl sites for hydroxylation is 2. The zero-order valence-electron chi connectivity index (χ0n) is 15.0. The number of hydrogen-bond donors (Lipinski definition) is 0. The molecule has 28 heavy (non-hydrogen) atoms. The summed E-state index contributed by atoms with van der Waals surface area (Å²) >= 11 is 1.36. The van der Waals surface area contributed by atoms with Crippen LogP contribution in [-0.4, -0.2) is 22.3 Å². The van der Waals surface area contributed by atoms with Gasteiger partial charge in [0.25, 0.3) is 22.3 Å². The van der Waals surface area contributed by atoms with Crippen molar-refractivity contribution in [1.29, 1.82) is 0 Å². The summed E-state index contributed by atoms with van der Waals surface area (Å²) in [6.07, 6.45) is 0. The number of carbonyl (C=O) groups excluding carboxylic acids is 4. The van der Waals surface area contributed by atoms with Crippen LogP contribution < -0.4 is 9.80 Å². The van der Waals surface area contributed by atoms with E-state index in [0.717, 1.165) is 20.9 Å². The minimum absolute atomic E-state index is 0.00925. The first-order valence-electron chi connectivity index (χ1n) is 8.37. The van der Waals surface area contributed by atoms with Gasteiger partial charge in [-0.25, -0.2) is 9.80 Å². The number of anilines is 2. The number of thioether (sulfide) groups is 2. The number of rotatable bonds is 2. The maximum Gasteiger partial charge on any atom is 0.298 e. The molecule has 2 fully saturated rings. The molecule has 0 atom stereocenters. The van der Waals surface area contributed by atoms with Crippen LogP contribution in [0.5, 0.6) is 0 Å². The Morgan fingerprint density at radius 1 is 0.643 bits per heavy atom. The van der Waals surface area contributed by atoms with Gasteiger partial charge in [-0.15, -0.1) is 0 Å². The third kappa shape index (κ3) is 3.04. The molecule has 140 valence electrons. The molecule has 2 aliphatic rings. The van der Waals surface area contributed by atoms with E-state index in [4.69, 9.17) is 0 Å². The summed E-state index contributed by atoms with van der Waals surface area (Å²) in [7, 11) is 0. The summed E-state index contributed by atoms with van der Waals surface area (Å²) in [5.41, 5.74) is 2.68. The van der Waals surface area contributed by atoms with Crippen molar-refractivity contribution in [2.45, 2.75) is 13.8 Å². The fourth-order valence-corrected chi connectivity index (χ4v) is 4.86. The lowest BCUT2D eigenvalue weighted by atomic mass is 10.2. The molecule has 2 saturated heterocycles. The van der Waals surface area contributed by atoms with Crippen LogP contribution in [0.1, 0.15) is 11.1 Å². The van der Waals surface area contributed by atoms with E-state index in [1.165, 1.54) is 0 Å². The molecular formula is C20H14N2O4S2. The molecule has 0 saturated carbocycles. The average molecular weight is 410 g/mol. The van der Waals surface area contributed by atoms with Crippen molar-refractivity contribution in [3.63, 3.8) is 0 Å². The lowest BCUT2D eigenvalue weighted by Gasteiger charge is -2.13. The van der Waals surface area contributed by atoms with Gasteiger partial charge in [0.15, 0.2) is 0 Å². The molecule has 8 heteroatoms. The number of nitrogens with zero attached hydrogens (tertiary/aromatic N) is 2. The van der Waals surface area contributed by atoms with Crippen LogP contribution in [0, 0.1) is 13.8 Å². The van der Waals surface area contributed by atoms with Crippen molar-refractivity contribution in [2.75, 3.05) is 9.80 Å². The first-order valence-corrected chi connectivity index (χ1v) is 10.0. The van der Waals surface area contributed by atoms with E-state index in [9.17, 15) is 19.2 Å². The highest BCUT2D eigenvalue weighted by molar-refractivity contribution is 8.22. The van der Waals surface area contributed by atoms with Crippen molar-refractivity contribution in [1.82, 2.24) is 0 Å². The molecule has 2 heterocycles. The van der Waals surface area contributed by atoms with Crippen LogP contribution >= 0.6 is 23.5 Å². The van der Waals surface area contributed by atoms with Crippen LogP contribution in [0.25, 0.3) is 0 Å². The van der Waals surface area contributed by atoms with Gasteiger partial charge in [-0.2, -0.15) is 0 Å². The third-order valence-electron chi connectivity index (χ3n) is 4.26. The fraction of sp³-hybridized carbons (Fsp3) is 0.100. The Labute approximate surface area is 169 Å². The molecule has 0 unspecified atom stereocenters. The van der Waals surface area contributed by atoms with Crippen LogP contribution in [0.4, 0.5) is 21.0 Å². The highest BCUT2D eigenvalue weighted by Gasteiger charge is 2.45. The van der Waals surface area contributed by atoms with E-state index in [1.54, 1.807) is 36.4 Å². The summed E-state index contributed by atoms with van der Waals surface area (Å²) in [6.45, 7) is 3.71. The average Bonchev–Trinajstić information content (AvgIpc) is 3.10. The van der Waals surface area contributed by atoms with Crippen molar-refractivity contribution in [2.24, 2.45) is 0 Å². The second-order valence-electron chi connectivity index (χ2n) is 6.35. The monoisotopic (exact) mass is 410 g/mol. The maximum absolute atomic E-state index is 12.9. The molecule has 0 aromatic heterocycles. The van der Waals surface area contributed by atoms with E-state index < -0.39 is 22.3 Å². The predicted molar refractivity (Wildman–Crippen MR) is 110 cm³/mol. The van der Waals surface area contributed by atoms with E-state index in [-0.39, 0.29) is 9.81 Å². The summed E-state index contributed by atoms with van der Waals surface area (Å²) in [5, 5.41) is -0.985. The van der Waals surface area contributed by atoms with Gasteiger partial charge >= 0.3 is 0 Å².